The van der Waals surface area contributed by atoms with E-state index in [1.54, 1.807) is 37.3 Å². The number of anilines is 1. The summed E-state index contributed by atoms with van der Waals surface area (Å²) >= 11 is 0. The average Bonchev–Trinajstić information content (AvgIpc) is 3.02. The van der Waals surface area contributed by atoms with Crippen molar-refractivity contribution in [2.45, 2.75) is 19.4 Å². The number of carbonyl (C=O) groups is 2. The molecule has 1 unspecified atom stereocenters. The zero-order valence-corrected chi connectivity index (χ0v) is 14.9. The van der Waals surface area contributed by atoms with Gasteiger partial charge in [0.2, 0.25) is 11.8 Å². The standard InChI is InChI=1S/C18H25N3O4/c1-12-10-19-4-5-20(12)18(23)13-6-17(22)21(11-13)14-7-15(24-2)9-16(8-14)25-3/h7-9,12-13,19H,4-6,10-11H2,1-3H3/t12-,13?/m0/s1. The third kappa shape index (κ3) is 3.56. The first kappa shape index (κ1) is 17.5. The van der Waals surface area contributed by atoms with Gasteiger partial charge in [0.05, 0.1) is 25.8 Å². The molecule has 2 heterocycles. The summed E-state index contributed by atoms with van der Waals surface area (Å²) in [5.41, 5.74) is 0.699. The first-order chi connectivity index (χ1) is 12.0. The van der Waals surface area contributed by atoms with Gasteiger partial charge in [-0.1, -0.05) is 0 Å². The van der Waals surface area contributed by atoms with Gasteiger partial charge in [0.1, 0.15) is 11.5 Å². The van der Waals surface area contributed by atoms with Crippen molar-refractivity contribution in [1.29, 1.82) is 0 Å². The Morgan fingerprint density at radius 1 is 1.20 bits per heavy atom. The van der Waals surface area contributed by atoms with Crippen molar-refractivity contribution >= 4 is 17.5 Å². The largest absolute Gasteiger partial charge is 0.497 e. The van der Waals surface area contributed by atoms with Gasteiger partial charge in [-0.3, -0.25) is 9.59 Å². The molecule has 3 rings (SSSR count). The van der Waals surface area contributed by atoms with Gasteiger partial charge < -0.3 is 24.6 Å². The number of hydrogen-bond donors (Lipinski definition) is 1. The predicted molar refractivity (Wildman–Crippen MR) is 94.1 cm³/mol. The molecular formula is C18H25N3O4. The molecule has 1 aromatic carbocycles. The maximum Gasteiger partial charge on any atom is 0.228 e. The first-order valence-electron chi connectivity index (χ1n) is 8.58. The predicted octanol–water partition coefficient (Wildman–Crippen LogP) is 0.877. The minimum atomic E-state index is -0.301. The van der Waals surface area contributed by atoms with E-state index in [0.717, 1.165) is 13.1 Å². The lowest BCUT2D eigenvalue weighted by Gasteiger charge is -2.35. The van der Waals surface area contributed by atoms with Crippen LogP contribution in [0, 0.1) is 5.92 Å². The second kappa shape index (κ2) is 7.31. The van der Waals surface area contributed by atoms with E-state index in [0.29, 0.717) is 30.3 Å². The molecule has 2 saturated heterocycles. The molecule has 7 nitrogen and oxygen atoms in total. The maximum absolute atomic E-state index is 12.8. The van der Waals surface area contributed by atoms with Crippen LogP contribution in [-0.2, 0) is 9.59 Å². The van der Waals surface area contributed by atoms with E-state index in [9.17, 15) is 9.59 Å². The Morgan fingerprint density at radius 3 is 2.48 bits per heavy atom. The molecule has 2 aliphatic heterocycles. The van der Waals surface area contributed by atoms with Crippen molar-refractivity contribution in [2.24, 2.45) is 5.92 Å². The molecule has 0 bridgehead atoms. The fraction of sp³-hybridized carbons (Fsp3) is 0.556. The molecule has 1 aromatic rings. The van der Waals surface area contributed by atoms with Crippen molar-refractivity contribution in [3.8, 4) is 11.5 Å². The van der Waals surface area contributed by atoms with E-state index in [4.69, 9.17) is 9.47 Å². The van der Waals surface area contributed by atoms with Gasteiger partial charge >= 0.3 is 0 Å². The zero-order valence-electron chi connectivity index (χ0n) is 14.9. The van der Waals surface area contributed by atoms with Gasteiger partial charge in [0.15, 0.2) is 0 Å². The normalized spacial score (nSPS) is 23.7. The Balaban J connectivity index is 1.77. The van der Waals surface area contributed by atoms with Crippen LogP contribution in [0.15, 0.2) is 18.2 Å². The lowest BCUT2D eigenvalue weighted by molar-refractivity contribution is -0.138. The van der Waals surface area contributed by atoms with Crippen LogP contribution in [0.25, 0.3) is 0 Å². The number of hydrogen-bond acceptors (Lipinski definition) is 5. The van der Waals surface area contributed by atoms with Gasteiger partial charge in [-0.05, 0) is 6.92 Å². The Hall–Kier alpha value is -2.28. The molecule has 2 aliphatic rings. The SMILES string of the molecule is COc1cc(OC)cc(N2CC(C(=O)N3CCNC[C@@H]3C)CC2=O)c1. The van der Waals surface area contributed by atoms with Crippen molar-refractivity contribution in [3.05, 3.63) is 18.2 Å². The molecule has 2 fully saturated rings. The number of ether oxygens (including phenoxy) is 2. The summed E-state index contributed by atoms with van der Waals surface area (Å²) < 4.78 is 10.6. The van der Waals surface area contributed by atoms with Crippen molar-refractivity contribution in [1.82, 2.24) is 10.2 Å². The van der Waals surface area contributed by atoms with E-state index in [2.05, 4.69) is 5.32 Å². The van der Waals surface area contributed by atoms with Crippen molar-refractivity contribution in [3.63, 3.8) is 0 Å². The molecule has 0 aliphatic carbocycles. The minimum absolute atomic E-state index is 0.0450. The van der Waals surface area contributed by atoms with Crippen LogP contribution in [0.2, 0.25) is 0 Å². The topological polar surface area (TPSA) is 71.1 Å². The molecule has 2 amide bonds. The lowest BCUT2D eigenvalue weighted by Crippen LogP contribution is -2.54. The van der Waals surface area contributed by atoms with Crippen LogP contribution in [0.1, 0.15) is 13.3 Å². The highest BCUT2D eigenvalue weighted by Gasteiger charge is 2.39. The fourth-order valence-electron chi connectivity index (χ4n) is 3.47. The highest BCUT2D eigenvalue weighted by molar-refractivity contribution is 6.00. The third-order valence-electron chi connectivity index (χ3n) is 4.91. The molecule has 0 spiro atoms. The number of piperazine rings is 1. The highest BCUT2D eigenvalue weighted by Crippen LogP contribution is 2.33. The van der Waals surface area contributed by atoms with Crippen LogP contribution in [0.5, 0.6) is 11.5 Å². The summed E-state index contributed by atoms with van der Waals surface area (Å²) in [6, 6.07) is 5.50. The number of amides is 2. The lowest BCUT2D eigenvalue weighted by atomic mass is 10.1. The Labute approximate surface area is 147 Å². The number of benzene rings is 1. The highest BCUT2D eigenvalue weighted by atomic mass is 16.5. The van der Waals surface area contributed by atoms with E-state index in [1.807, 2.05) is 11.8 Å². The summed E-state index contributed by atoms with van der Waals surface area (Å²) in [6.45, 7) is 4.71. The van der Waals surface area contributed by atoms with E-state index in [-0.39, 0.29) is 30.2 Å². The molecule has 0 saturated carbocycles. The second-order valence-corrected chi connectivity index (χ2v) is 6.56. The number of nitrogens with one attached hydrogen (secondary N) is 1. The molecule has 0 radical (unpaired) electrons. The monoisotopic (exact) mass is 347 g/mol. The van der Waals surface area contributed by atoms with E-state index < -0.39 is 0 Å². The third-order valence-corrected chi connectivity index (χ3v) is 4.91. The molecular weight excluding hydrogens is 322 g/mol. The van der Waals surface area contributed by atoms with Crippen LogP contribution >= 0.6 is 0 Å². The van der Waals surface area contributed by atoms with Crippen molar-refractivity contribution in [2.75, 3.05) is 45.3 Å². The second-order valence-electron chi connectivity index (χ2n) is 6.56. The number of nitrogens with zero attached hydrogens (tertiary/aromatic N) is 2. The minimum Gasteiger partial charge on any atom is -0.497 e. The summed E-state index contributed by atoms with van der Waals surface area (Å²) in [5.74, 6) is 0.960. The molecule has 25 heavy (non-hydrogen) atoms. The van der Waals surface area contributed by atoms with Gasteiger partial charge in [0, 0.05) is 56.8 Å². The molecule has 1 N–H and O–H groups in total. The van der Waals surface area contributed by atoms with Gasteiger partial charge in [-0.2, -0.15) is 0 Å². The smallest absolute Gasteiger partial charge is 0.228 e. The van der Waals surface area contributed by atoms with Crippen molar-refractivity contribution < 1.29 is 19.1 Å². The molecule has 136 valence electrons. The zero-order chi connectivity index (χ0) is 18.0. The average molecular weight is 347 g/mol. The van der Waals surface area contributed by atoms with Crippen LogP contribution in [-0.4, -0.2) is 63.2 Å². The molecule has 0 aromatic heterocycles. The Morgan fingerprint density at radius 2 is 1.88 bits per heavy atom. The summed E-state index contributed by atoms with van der Waals surface area (Å²) in [4.78, 5) is 28.9. The molecule has 2 atom stereocenters. The number of carbonyl (C=O) groups excluding carboxylic acids is 2. The van der Waals surface area contributed by atoms with E-state index in [1.165, 1.54) is 0 Å². The van der Waals surface area contributed by atoms with Crippen LogP contribution in [0.4, 0.5) is 5.69 Å². The Bertz CT molecular complexity index is 641. The molecule has 7 heteroatoms. The van der Waals surface area contributed by atoms with Gasteiger partial charge in [-0.15, -0.1) is 0 Å². The number of rotatable bonds is 4. The van der Waals surface area contributed by atoms with Gasteiger partial charge in [0.25, 0.3) is 0 Å². The first-order valence-corrected chi connectivity index (χ1v) is 8.58. The summed E-state index contributed by atoms with van der Waals surface area (Å²) in [6.07, 6.45) is 0.245. The van der Waals surface area contributed by atoms with E-state index >= 15 is 0 Å². The quantitative estimate of drug-likeness (QED) is 0.875. The summed E-state index contributed by atoms with van der Waals surface area (Å²) in [7, 11) is 3.14. The van der Waals surface area contributed by atoms with Gasteiger partial charge in [-0.25, -0.2) is 0 Å². The van der Waals surface area contributed by atoms with Crippen LogP contribution < -0.4 is 19.7 Å². The number of methoxy groups -OCH3 is 2. The maximum atomic E-state index is 12.8. The van der Waals surface area contributed by atoms with Crippen LogP contribution in [0.3, 0.4) is 0 Å². The fourth-order valence-corrected chi connectivity index (χ4v) is 3.47. The Kier molecular flexibility index (Phi) is 5.13. The summed E-state index contributed by atoms with van der Waals surface area (Å²) in [5, 5.41) is 3.28.